The summed E-state index contributed by atoms with van der Waals surface area (Å²) in [5, 5.41) is 2.93. The lowest BCUT2D eigenvalue weighted by Gasteiger charge is -2.34. The number of carbonyl (C=O) groups is 2. The molecule has 1 N–H and O–H groups in total. The van der Waals surface area contributed by atoms with Crippen LogP contribution in [-0.2, 0) is 11.3 Å². The number of rotatable bonds is 5. The van der Waals surface area contributed by atoms with Gasteiger partial charge in [0.25, 0.3) is 5.91 Å². The van der Waals surface area contributed by atoms with Crippen LogP contribution >= 0.6 is 0 Å². The summed E-state index contributed by atoms with van der Waals surface area (Å²) in [4.78, 5) is 31.3. The van der Waals surface area contributed by atoms with Crippen LogP contribution in [0.2, 0.25) is 0 Å². The highest BCUT2D eigenvalue weighted by Gasteiger charge is 2.17. The van der Waals surface area contributed by atoms with Crippen molar-refractivity contribution in [1.82, 2.24) is 15.2 Å². The zero-order chi connectivity index (χ0) is 17.6. The van der Waals surface area contributed by atoms with Gasteiger partial charge in [-0.15, -0.1) is 0 Å². The van der Waals surface area contributed by atoms with Gasteiger partial charge in [0.1, 0.15) is 5.69 Å². The third-order valence-corrected chi connectivity index (χ3v) is 4.51. The van der Waals surface area contributed by atoms with E-state index in [1.54, 1.807) is 11.1 Å². The molecular formula is C19H22N4O2. The van der Waals surface area contributed by atoms with E-state index in [1.807, 2.05) is 43.3 Å². The molecule has 1 aromatic heterocycles. The number of carbonyl (C=O) groups excluding carboxylic acids is 2. The van der Waals surface area contributed by atoms with Gasteiger partial charge in [-0.05, 0) is 30.2 Å². The molecule has 1 saturated heterocycles. The van der Waals surface area contributed by atoms with Gasteiger partial charge in [-0.25, -0.2) is 0 Å². The Bertz CT molecular complexity index is 755. The topological polar surface area (TPSA) is 65.5 Å². The lowest BCUT2D eigenvalue weighted by molar-refractivity contribution is -0.118. The van der Waals surface area contributed by atoms with Crippen molar-refractivity contribution in [2.75, 3.05) is 31.1 Å². The summed E-state index contributed by atoms with van der Waals surface area (Å²) in [6.07, 6.45) is 2.54. The number of hydrogen-bond donors (Lipinski definition) is 1. The minimum absolute atomic E-state index is 0.184. The van der Waals surface area contributed by atoms with Crippen LogP contribution in [0.3, 0.4) is 0 Å². The maximum Gasteiger partial charge on any atom is 0.270 e. The predicted molar refractivity (Wildman–Crippen MR) is 96.4 cm³/mol. The van der Waals surface area contributed by atoms with Crippen molar-refractivity contribution in [1.29, 1.82) is 0 Å². The highest BCUT2D eigenvalue weighted by atomic mass is 16.2. The smallest absolute Gasteiger partial charge is 0.270 e. The third kappa shape index (κ3) is 4.15. The Balaban J connectivity index is 1.64. The first-order chi connectivity index (χ1) is 12.2. The fourth-order valence-electron chi connectivity index (χ4n) is 2.90. The molecule has 2 amide bonds. The quantitative estimate of drug-likeness (QED) is 0.841. The second-order valence-corrected chi connectivity index (χ2v) is 6.14. The van der Waals surface area contributed by atoms with E-state index in [0.29, 0.717) is 25.3 Å². The normalized spacial score (nSPS) is 14.3. The minimum atomic E-state index is -0.184. The van der Waals surface area contributed by atoms with E-state index >= 15 is 0 Å². The van der Waals surface area contributed by atoms with Crippen molar-refractivity contribution in [3.63, 3.8) is 0 Å². The van der Waals surface area contributed by atoms with Gasteiger partial charge in [0.2, 0.25) is 6.41 Å². The van der Waals surface area contributed by atoms with Crippen LogP contribution in [0.4, 0.5) is 5.69 Å². The molecule has 2 aromatic rings. The highest BCUT2D eigenvalue weighted by molar-refractivity contribution is 5.93. The average molecular weight is 338 g/mol. The molecule has 0 bridgehead atoms. The first-order valence-corrected chi connectivity index (χ1v) is 8.40. The molecule has 0 unspecified atom stereocenters. The van der Waals surface area contributed by atoms with Crippen molar-refractivity contribution in [2.45, 2.75) is 13.5 Å². The molecule has 2 heterocycles. The van der Waals surface area contributed by atoms with E-state index in [1.165, 1.54) is 0 Å². The van der Waals surface area contributed by atoms with E-state index < -0.39 is 0 Å². The van der Waals surface area contributed by atoms with Crippen LogP contribution in [0.25, 0.3) is 0 Å². The lowest BCUT2D eigenvalue weighted by atomic mass is 10.1. The summed E-state index contributed by atoms with van der Waals surface area (Å²) < 4.78 is 0. The number of anilines is 1. The predicted octanol–water partition coefficient (Wildman–Crippen LogP) is 1.60. The zero-order valence-corrected chi connectivity index (χ0v) is 14.3. The second-order valence-electron chi connectivity index (χ2n) is 6.14. The zero-order valence-electron chi connectivity index (χ0n) is 14.3. The number of benzene rings is 1. The second kappa shape index (κ2) is 7.79. The number of aryl methyl sites for hydroxylation is 1. The molecule has 1 aliphatic heterocycles. The molecule has 1 aromatic carbocycles. The molecule has 130 valence electrons. The Morgan fingerprint density at radius 3 is 2.68 bits per heavy atom. The minimum Gasteiger partial charge on any atom is -0.368 e. The fraction of sp³-hybridized carbons (Fsp3) is 0.316. The SMILES string of the molecule is Cc1ccccc1CNC(=O)c1cc(N2CCN(C=O)CC2)ccn1. The van der Waals surface area contributed by atoms with E-state index in [4.69, 9.17) is 0 Å². The Morgan fingerprint density at radius 2 is 1.96 bits per heavy atom. The van der Waals surface area contributed by atoms with Gasteiger partial charge in [0.15, 0.2) is 0 Å². The molecule has 6 heteroatoms. The molecule has 0 radical (unpaired) electrons. The van der Waals surface area contributed by atoms with Crippen LogP contribution in [0.15, 0.2) is 42.6 Å². The number of piperazine rings is 1. The van der Waals surface area contributed by atoms with E-state index in [-0.39, 0.29) is 5.91 Å². The van der Waals surface area contributed by atoms with Crippen molar-refractivity contribution in [3.8, 4) is 0 Å². The van der Waals surface area contributed by atoms with E-state index in [2.05, 4.69) is 15.2 Å². The molecular weight excluding hydrogens is 316 g/mol. The molecule has 1 aliphatic rings. The van der Waals surface area contributed by atoms with Crippen LogP contribution in [0, 0.1) is 6.92 Å². The summed E-state index contributed by atoms with van der Waals surface area (Å²) in [6.45, 7) is 5.41. The number of amides is 2. The first kappa shape index (κ1) is 17.0. The monoisotopic (exact) mass is 338 g/mol. The summed E-state index contributed by atoms with van der Waals surface area (Å²) in [5.41, 5.74) is 3.61. The Kier molecular flexibility index (Phi) is 5.28. The Hall–Kier alpha value is -2.89. The molecule has 25 heavy (non-hydrogen) atoms. The van der Waals surface area contributed by atoms with Crippen LogP contribution < -0.4 is 10.2 Å². The van der Waals surface area contributed by atoms with Crippen molar-refractivity contribution >= 4 is 18.0 Å². The molecule has 0 aliphatic carbocycles. The van der Waals surface area contributed by atoms with Crippen LogP contribution in [0.1, 0.15) is 21.6 Å². The standard InChI is InChI=1S/C19H22N4O2/c1-15-4-2-3-5-16(15)13-21-19(25)18-12-17(6-7-20-18)23-10-8-22(14-24)9-11-23/h2-7,12,14H,8-11,13H2,1H3,(H,21,25). The number of pyridine rings is 1. The van der Waals surface area contributed by atoms with Gasteiger partial charge in [0, 0.05) is 44.6 Å². The van der Waals surface area contributed by atoms with Gasteiger partial charge >= 0.3 is 0 Å². The Morgan fingerprint density at radius 1 is 1.20 bits per heavy atom. The first-order valence-electron chi connectivity index (χ1n) is 8.40. The molecule has 6 nitrogen and oxygen atoms in total. The van der Waals surface area contributed by atoms with Gasteiger partial charge in [-0.1, -0.05) is 24.3 Å². The van der Waals surface area contributed by atoms with Crippen molar-refractivity contribution < 1.29 is 9.59 Å². The molecule has 1 fully saturated rings. The third-order valence-electron chi connectivity index (χ3n) is 4.51. The number of hydrogen-bond acceptors (Lipinski definition) is 4. The largest absolute Gasteiger partial charge is 0.368 e. The summed E-state index contributed by atoms with van der Waals surface area (Å²) >= 11 is 0. The van der Waals surface area contributed by atoms with Gasteiger partial charge in [-0.3, -0.25) is 14.6 Å². The summed E-state index contributed by atoms with van der Waals surface area (Å²) in [7, 11) is 0. The Labute approximate surface area is 147 Å². The number of aromatic nitrogens is 1. The van der Waals surface area contributed by atoms with Gasteiger partial charge < -0.3 is 15.1 Å². The number of nitrogens with zero attached hydrogens (tertiary/aromatic N) is 3. The molecule has 0 spiro atoms. The van der Waals surface area contributed by atoms with Crippen LogP contribution in [0.5, 0.6) is 0 Å². The lowest BCUT2D eigenvalue weighted by Crippen LogP contribution is -2.45. The van der Waals surface area contributed by atoms with E-state index in [0.717, 1.165) is 36.3 Å². The molecule has 0 saturated carbocycles. The van der Waals surface area contributed by atoms with Crippen molar-refractivity contribution in [3.05, 3.63) is 59.4 Å². The highest BCUT2D eigenvalue weighted by Crippen LogP contribution is 2.16. The summed E-state index contributed by atoms with van der Waals surface area (Å²) in [5.74, 6) is -0.184. The average Bonchev–Trinajstić information content (AvgIpc) is 2.67. The summed E-state index contributed by atoms with van der Waals surface area (Å²) in [6, 6.07) is 11.7. The van der Waals surface area contributed by atoms with Gasteiger partial charge in [-0.2, -0.15) is 0 Å². The number of nitrogens with one attached hydrogen (secondary N) is 1. The maximum absolute atomic E-state index is 12.4. The molecule has 3 rings (SSSR count). The van der Waals surface area contributed by atoms with E-state index in [9.17, 15) is 9.59 Å². The van der Waals surface area contributed by atoms with Crippen LogP contribution in [-0.4, -0.2) is 48.4 Å². The fourth-order valence-corrected chi connectivity index (χ4v) is 2.90. The molecule has 0 atom stereocenters. The van der Waals surface area contributed by atoms with Crippen molar-refractivity contribution in [2.24, 2.45) is 0 Å². The maximum atomic E-state index is 12.4. The van der Waals surface area contributed by atoms with Gasteiger partial charge in [0.05, 0.1) is 0 Å².